The second-order valence-corrected chi connectivity index (χ2v) is 3.85. The number of hydrogen-bond donors (Lipinski definition) is 1. The van der Waals surface area contributed by atoms with Gasteiger partial charge in [0.1, 0.15) is 12.0 Å². The third-order valence-corrected chi connectivity index (χ3v) is 2.79. The molecule has 0 aromatic carbocycles. The predicted molar refractivity (Wildman–Crippen MR) is 57.9 cm³/mol. The van der Waals surface area contributed by atoms with Gasteiger partial charge in [-0.25, -0.2) is 4.79 Å². The number of rotatable bonds is 2. The Hall–Kier alpha value is -1.40. The first-order valence-corrected chi connectivity index (χ1v) is 5.14. The molecule has 1 fully saturated rings. The van der Waals surface area contributed by atoms with Crippen LogP contribution in [-0.2, 0) is 9.47 Å². The fourth-order valence-corrected chi connectivity index (χ4v) is 1.89. The van der Waals surface area contributed by atoms with E-state index in [0.29, 0.717) is 6.42 Å². The van der Waals surface area contributed by atoms with Gasteiger partial charge >= 0.3 is 5.69 Å². The molecule has 2 N–H and O–H groups in total. The zero-order valence-electron chi connectivity index (χ0n) is 9.29. The van der Waals surface area contributed by atoms with Gasteiger partial charge in [0.15, 0.2) is 0 Å². The topological polar surface area (TPSA) is 79.4 Å². The first kappa shape index (κ1) is 11.1. The monoisotopic (exact) mass is 225 g/mol. The van der Waals surface area contributed by atoms with Crippen molar-refractivity contribution in [2.24, 2.45) is 0 Å². The molecule has 1 aromatic heterocycles. The van der Waals surface area contributed by atoms with Gasteiger partial charge in [-0.05, 0) is 13.0 Å². The minimum atomic E-state index is -0.394. The number of anilines is 1. The average Bonchev–Trinajstić information content (AvgIpc) is 2.59. The van der Waals surface area contributed by atoms with E-state index in [9.17, 15) is 4.79 Å². The van der Waals surface area contributed by atoms with E-state index in [0.717, 1.165) is 0 Å². The first-order chi connectivity index (χ1) is 7.61. The van der Waals surface area contributed by atoms with Crippen molar-refractivity contribution in [3.63, 3.8) is 0 Å². The highest BCUT2D eigenvalue weighted by Gasteiger charge is 2.33. The van der Waals surface area contributed by atoms with Gasteiger partial charge < -0.3 is 15.2 Å². The lowest BCUT2D eigenvalue weighted by Gasteiger charge is -2.12. The van der Waals surface area contributed by atoms with E-state index in [1.54, 1.807) is 19.4 Å². The Balaban J connectivity index is 2.23. The molecule has 0 amide bonds. The Labute approximate surface area is 93.0 Å². The number of aromatic nitrogens is 2. The summed E-state index contributed by atoms with van der Waals surface area (Å²) in [7, 11) is 1.64. The summed E-state index contributed by atoms with van der Waals surface area (Å²) < 4.78 is 12.3. The highest BCUT2D eigenvalue weighted by molar-refractivity contribution is 5.23. The molecule has 0 spiro atoms. The summed E-state index contributed by atoms with van der Waals surface area (Å²) in [6.45, 7) is 1.92. The standard InChI is InChI=1S/C10H15N3O3/c1-6-7(15-2)5-9(16-6)13-4-3-8(11)12-10(13)14/h3-4,6-7,9H,5H2,1-2H3,(H2,11,12,14)/t6-,7-,9-/m1/s1. The zero-order chi connectivity index (χ0) is 11.7. The van der Waals surface area contributed by atoms with Crippen molar-refractivity contribution < 1.29 is 9.47 Å². The third-order valence-electron chi connectivity index (χ3n) is 2.79. The van der Waals surface area contributed by atoms with Crippen molar-refractivity contribution in [3.8, 4) is 0 Å². The molecule has 1 aliphatic rings. The van der Waals surface area contributed by atoms with Crippen LogP contribution in [0, 0.1) is 0 Å². The molecule has 0 aliphatic carbocycles. The minimum Gasteiger partial charge on any atom is -0.383 e. The maximum atomic E-state index is 11.6. The highest BCUT2D eigenvalue weighted by atomic mass is 16.6. The molecule has 1 aliphatic heterocycles. The van der Waals surface area contributed by atoms with Gasteiger partial charge in [0.2, 0.25) is 0 Å². The van der Waals surface area contributed by atoms with Crippen molar-refractivity contribution in [2.45, 2.75) is 31.8 Å². The molecule has 6 heteroatoms. The fraction of sp³-hybridized carbons (Fsp3) is 0.600. The van der Waals surface area contributed by atoms with Gasteiger partial charge in [-0.15, -0.1) is 0 Å². The van der Waals surface area contributed by atoms with Gasteiger partial charge in [0.25, 0.3) is 0 Å². The summed E-state index contributed by atoms with van der Waals surface area (Å²) >= 11 is 0. The Kier molecular flexibility index (Phi) is 2.93. The molecule has 16 heavy (non-hydrogen) atoms. The second kappa shape index (κ2) is 4.23. The van der Waals surface area contributed by atoms with Gasteiger partial charge in [0, 0.05) is 19.7 Å². The Morgan fingerprint density at radius 1 is 1.69 bits per heavy atom. The molecule has 3 atom stereocenters. The number of methoxy groups -OCH3 is 1. The molecule has 0 bridgehead atoms. The van der Waals surface area contributed by atoms with Gasteiger partial charge in [-0.2, -0.15) is 4.98 Å². The third kappa shape index (κ3) is 1.94. The second-order valence-electron chi connectivity index (χ2n) is 3.85. The predicted octanol–water partition coefficient (Wildman–Crippen LogP) is 0.148. The van der Waals surface area contributed by atoms with Crippen molar-refractivity contribution in [1.82, 2.24) is 9.55 Å². The molecule has 1 aromatic rings. The van der Waals surface area contributed by atoms with E-state index in [1.165, 1.54) is 4.57 Å². The largest absolute Gasteiger partial charge is 0.383 e. The minimum absolute atomic E-state index is 0.00875. The highest BCUT2D eigenvalue weighted by Crippen LogP contribution is 2.28. The van der Waals surface area contributed by atoms with E-state index in [-0.39, 0.29) is 24.3 Å². The summed E-state index contributed by atoms with van der Waals surface area (Å²) in [5, 5.41) is 0. The van der Waals surface area contributed by atoms with Crippen LogP contribution in [-0.4, -0.2) is 28.9 Å². The van der Waals surface area contributed by atoms with Crippen molar-refractivity contribution in [1.29, 1.82) is 0 Å². The lowest BCUT2D eigenvalue weighted by molar-refractivity contribution is -0.0185. The van der Waals surface area contributed by atoms with Gasteiger partial charge in [-0.1, -0.05) is 0 Å². The normalized spacial score (nSPS) is 29.5. The lowest BCUT2D eigenvalue weighted by atomic mass is 10.2. The van der Waals surface area contributed by atoms with Crippen LogP contribution in [0.1, 0.15) is 19.6 Å². The molecular weight excluding hydrogens is 210 g/mol. The number of hydrogen-bond acceptors (Lipinski definition) is 5. The van der Waals surface area contributed by atoms with E-state index in [2.05, 4.69) is 4.98 Å². The maximum Gasteiger partial charge on any atom is 0.351 e. The van der Waals surface area contributed by atoms with Gasteiger partial charge in [-0.3, -0.25) is 4.57 Å². The molecule has 0 unspecified atom stereocenters. The lowest BCUT2D eigenvalue weighted by Crippen LogP contribution is -2.27. The van der Waals surface area contributed by atoms with Crippen LogP contribution in [0.15, 0.2) is 17.1 Å². The summed E-state index contributed by atoms with van der Waals surface area (Å²) in [5.74, 6) is 0.218. The summed E-state index contributed by atoms with van der Waals surface area (Å²) in [5.41, 5.74) is 5.02. The van der Waals surface area contributed by atoms with Crippen molar-refractivity contribution >= 4 is 5.82 Å². The van der Waals surface area contributed by atoms with Gasteiger partial charge in [0.05, 0.1) is 12.2 Å². The average molecular weight is 225 g/mol. The SMILES string of the molecule is CO[C@@H]1C[C@H](n2ccc(N)nc2=O)O[C@@H]1C. The number of ether oxygens (including phenoxy) is 2. The van der Waals surface area contributed by atoms with Crippen LogP contribution < -0.4 is 11.4 Å². The smallest absolute Gasteiger partial charge is 0.351 e. The van der Waals surface area contributed by atoms with Crippen LogP contribution in [0.4, 0.5) is 5.82 Å². The Morgan fingerprint density at radius 3 is 3.00 bits per heavy atom. The van der Waals surface area contributed by atoms with Crippen LogP contribution in [0.25, 0.3) is 0 Å². The molecule has 1 saturated heterocycles. The quantitative estimate of drug-likeness (QED) is 0.775. The zero-order valence-corrected chi connectivity index (χ0v) is 9.29. The number of nitrogens with two attached hydrogens (primary N) is 1. The van der Waals surface area contributed by atoms with E-state index in [4.69, 9.17) is 15.2 Å². The van der Waals surface area contributed by atoms with E-state index >= 15 is 0 Å². The Morgan fingerprint density at radius 2 is 2.44 bits per heavy atom. The molecule has 2 rings (SSSR count). The van der Waals surface area contributed by atoms with E-state index < -0.39 is 5.69 Å². The number of nitrogens with zero attached hydrogens (tertiary/aromatic N) is 2. The summed E-state index contributed by atoms with van der Waals surface area (Å²) in [4.78, 5) is 15.2. The van der Waals surface area contributed by atoms with Crippen LogP contribution in [0.2, 0.25) is 0 Å². The molecule has 0 radical (unpaired) electrons. The first-order valence-electron chi connectivity index (χ1n) is 5.14. The van der Waals surface area contributed by atoms with Crippen LogP contribution in [0.5, 0.6) is 0 Å². The Bertz CT molecular complexity index is 432. The van der Waals surface area contributed by atoms with E-state index in [1.807, 2.05) is 6.92 Å². The van der Waals surface area contributed by atoms with Crippen molar-refractivity contribution in [2.75, 3.05) is 12.8 Å². The van der Waals surface area contributed by atoms with Crippen LogP contribution in [0.3, 0.4) is 0 Å². The molecule has 2 heterocycles. The van der Waals surface area contributed by atoms with Crippen molar-refractivity contribution in [3.05, 3.63) is 22.7 Å². The van der Waals surface area contributed by atoms with Crippen LogP contribution >= 0.6 is 0 Å². The summed E-state index contributed by atoms with van der Waals surface area (Å²) in [6, 6.07) is 1.58. The maximum absolute atomic E-state index is 11.6. The summed E-state index contributed by atoms with van der Waals surface area (Å²) in [6.07, 6.45) is 1.90. The molecule has 88 valence electrons. The fourth-order valence-electron chi connectivity index (χ4n) is 1.89. The number of nitrogen functional groups attached to an aromatic ring is 1. The molecular formula is C10H15N3O3. The molecule has 6 nitrogen and oxygen atoms in total. The molecule has 0 saturated carbocycles.